The summed E-state index contributed by atoms with van der Waals surface area (Å²) in [6, 6.07) is 11.4. The number of carboxylic acid groups (broad SMARTS) is 2. The second kappa shape index (κ2) is 15.5. The summed E-state index contributed by atoms with van der Waals surface area (Å²) >= 11 is 0. The monoisotopic (exact) mass is 563 g/mol. The minimum Gasteiger partial charge on any atom is -0.550 e. The minimum atomic E-state index is -2.61. The fraction of sp³-hybridized carbons (Fsp3) is 0.400. The SMILES string of the molecule is CC(=O)N[C@H]1[C@H]([C@@H](O)[C@H](O)CO)O[C@@](Oc2ccc(-c3ccc(CC(=O)[O-])cc3)cc2)(C(=O)[O-])C[C@@H]1O.[Na+].[Na+]. The molecule has 200 valence electrons. The van der Waals surface area contributed by atoms with Gasteiger partial charge in [0.15, 0.2) is 0 Å². The third-order valence-electron chi connectivity index (χ3n) is 5.94. The van der Waals surface area contributed by atoms with Gasteiger partial charge in [0.2, 0.25) is 5.91 Å². The van der Waals surface area contributed by atoms with Gasteiger partial charge in [0.05, 0.1) is 18.8 Å². The van der Waals surface area contributed by atoms with Crippen LogP contribution in [0.5, 0.6) is 5.75 Å². The Balaban J connectivity index is 0.00000380. The van der Waals surface area contributed by atoms with Gasteiger partial charge in [0, 0.05) is 25.7 Å². The van der Waals surface area contributed by atoms with Gasteiger partial charge in [-0.3, -0.25) is 4.79 Å². The fourth-order valence-electron chi connectivity index (χ4n) is 4.11. The predicted octanol–water partition coefficient (Wildman–Crippen LogP) is -9.15. The average molecular weight is 563 g/mol. The molecule has 0 saturated carbocycles. The van der Waals surface area contributed by atoms with Crippen LogP contribution in [0.1, 0.15) is 18.9 Å². The summed E-state index contributed by atoms with van der Waals surface area (Å²) in [5.41, 5.74) is 2.00. The Bertz CT molecular complexity index is 1120. The quantitative estimate of drug-likeness (QED) is 0.171. The van der Waals surface area contributed by atoms with Crippen molar-refractivity contribution in [1.82, 2.24) is 5.32 Å². The van der Waals surface area contributed by atoms with Gasteiger partial charge in [0.25, 0.3) is 5.79 Å². The van der Waals surface area contributed by atoms with Crippen molar-refractivity contribution in [3.8, 4) is 16.9 Å². The molecule has 12 nitrogen and oxygen atoms in total. The number of nitrogens with one attached hydrogen (secondary N) is 1. The van der Waals surface area contributed by atoms with Crippen molar-refractivity contribution in [2.24, 2.45) is 0 Å². The molecule has 1 amide bonds. The molecule has 1 fully saturated rings. The van der Waals surface area contributed by atoms with Crippen LogP contribution in [0.4, 0.5) is 0 Å². The van der Waals surface area contributed by atoms with E-state index in [1.807, 2.05) is 0 Å². The summed E-state index contributed by atoms with van der Waals surface area (Å²) in [5.74, 6) is -6.30. The van der Waals surface area contributed by atoms with Crippen molar-refractivity contribution in [3.63, 3.8) is 0 Å². The number of carboxylic acids is 2. The molecule has 2 aromatic rings. The molecule has 1 saturated heterocycles. The van der Waals surface area contributed by atoms with Gasteiger partial charge >= 0.3 is 59.1 Å². The molecule has 0 bridgehead atoms. The van der Waals surface area contributed by atoms with Crippen LogP contribution < -0.4 is 79.4 Å². The Kier molecular flexibility index (Phi) is 14.1. The number of aliphatic hydroxyl groups is 4. The van der Waals surface area contributed by atoms with Crippen molar-refractivity contribution >= 4 is 17.8 Å². The Morgan fingerprint density at radius 2 is 1.59 bits per heavy atom. The molecule has 0 unspecified atom stereocenters. The summed E-state index contributed by atoms with van der Waals surface area (Å²) in [6.07, 6.45) is -7.88. The number of hydrogen-bond donors (Lipinski definition) is 5. The smallest absolute Gasteiger partial charge is 0.550 e. The third kappa shape index (κ3) is 8.97. The fourth-order valence-corrected chi connectivity index (χ4v) is 4.11. The normalized spacial score (nSPS) is 23.8. The van der Waals surface area contributed by atoms with Gasteiger partial charge in [-0.1, -0.05) is 36.4 Å². The Morgan fingerprint density at radius 1 is 1.05 bits per heavy atom. The van der Waals surface area contributed by atoms with E-state index in [1.165, 1.54) is 12.1 Å². The molecule has 0 aromatic heterocycles. The molecule has 0 radical (unpaired) electrons. The molecule has 3 rings (SSSR count). The Labute approximate surface area is 268 Å². The van der Waals surface area contributed by atoms with E-state index in [4.69, 9.17) is 9.47 Å². The second-order valence-electron chi connectivity index (χ2n) is 8.73. The van der Waals surface area contributed by atoms with Crippen LogP contribution in [-0.4, -0.2) is 81.1 Å². The molecular weight excluding hydrogens is 536 g/mol. The van der Waals surface area contributed by atoms with Crippen LogP contribution in [0.15, 0.2) is 48.5 Å². The summed E-state index contributed by atoms with van der Waals surface area (Å²) in [4.78, 5) is 34.5. The molecule has 2 aromatic carbocycles. The molecule has 1 aliphatic rings. The van der Waals surface area contributed by atoms with E-state index in [-0.39, 0.29) is 71.3 Å². The summed E-state index contributed by atoms with van der Waals surface area (Å²) < 4.78 is 11.1. The molecule has 1 heterocycles. The zero-order valence-electron chi connectivity index (χ0n) is 21.8. The number of benzene rings is 2. The van der Waals surface area contributed by atoms with Gasteiger partial charge in [-0.2, -0.15) is 0 Å². The van der Waals surface area contributed by atoms with Crippen LogP contribution >= 0.6 is 0 Å². The van der Waals surface area contributed by atoms with E-state index in [0.29, 0.717) is 11.1 Å². The number of aliphatic hydroxyl groups excluding tert-OH is 4. The van der Waals surface area contributed by atoms with Crippen LogP contribution in [-0.2, 0) is 25.5 Å². The van der Waals surface area contributed by atoms with Crippen LogP contribution in [0, 0.1) is 0 Å². The molecule has 0 aliphatic carbocycles. The summed E-state index contributed by atoms with van der Waals surface area (Å²) in [7, 11) is 0. The molecule has 1 aliphatic heterocycles. The van der Waals surface area contributed by atoms with Crippen molar-refractivity contribution in [1.29, 1.82) is 0 Å². The van der Waals surface area contributed by atoms with E-state index >= 15 is 0 Å². The number of amides is 1. The summed E-state index contributed by atoms with van der Waals surface area (Å²) in [6.45, 7) is 0.229. The zero-order chi connectivity index (χ0) is 27.3. The van der Waals surface area contributed by atoms with Crippen molar-refractivity contribution in [2.75, 3.05) is 6.61 Å². The number of carbonyl (C=O) groups excluding carboxylic acids is 3. The number of rotatable bonds is 10. The molecule has 39 heavy (non-hydrogen) atoms. The van der Waals surface area contributed by atoms with Gasteiger partial charge in [-0.05, 0) is 28.8 Å². The predicted molar refractivity (Wildman–Crippen MR) is 121 cm³/mol. The maximum absolute atomic E-state index is 12.2. The Morgan fingerprint density at radius 3 is 2.05 bits per heavy atom. The summed E-state index contributed by atoms with van der Waals surface area (Å²) in [5, 5.41) is 65.5. The van der Waals surface area contributed by atoms with E-state index in [2.05, 4.69) is 5.32 Å². The van der Waals surface area contributed by atoms with Crippen molar-refractivity contribution < 1.29 is 114 Å². The first-order valence-corrected chi connectivity index (χ1v) is 11.4. The third-order valence-corrected chi connectivity index (χ3v) is 5.94. The number of hydrogen-bond acceptors (Lipinski definition) is 11. The first-order chi connectivity index (χ1) is 17.5. The maximum Gasteiger partial charge on any atom is 1.00 e. The Hall–Kier alpha value is -1.55. The first-order valence-electron chi connectivity index (χ1n) is 11.4. The van der Waals surface area contributed by atoms with Crippen LogP contribution in [0.25, 0.3) is 11.1 Å². The van der Waals surface area contributed by atoms with Crippen molar-refractivity contribution in [3.05, 3.63) is 54.1 Å². The first kappa shape index (κ1) is 35.5. The average Bonchev–Trinajstić information content (AvgIpc) is 2.85. The number of ether oxygens (including phenoxy) is 2. The largest absolute Gasteiger partial charge is 1.00 e. The van der Waals surface area contributed by atoms with Crippen LogP contribution in [0.2, 0.25) is 0 Å². The second-order valence-corrected chi connectivity index (χ2v) is 8.73. The van der Waals surface area contributed by atoms with Gasteiger partial charge in [-0.25, -0.2) is 0 Å². The van der Waals surface area contributed by atoms with Gasteiger partial charge in [-0.15, -0.1) is 0 Å². The number of carbonyl (C=O) groups is 3. The zero-order valence-corrected chi connectivity index (χ0v) is 25.8. The van der Waals surface area contributed by atoms with E-state index in [1.54, 1.807) is 36.4 Å². The van der Waals surface area contributed by atoms with Gasteiger partial charge < -0.3 is 55.0 Å². The number of aliphatic carboxylic acids is 2. The van der Waals surface area contributed by atoms with E-state index in [0.717, 1.165) is 12.5 Å². The molecule has 0 spiro atoms. The topological polar surface area (TPSA) is 209 Å². The molecular formula is C25H27NNa2O11. The maximum atomic E-state index is 12.2. The minimum absolute atomic E-state index is 0. The standard InChI is InChI=1S/C25H29NO11.2Na/c1-13(28)26-21-18(29)11-25(24(34)35,37-23(21)22(33)19(30)12-27)36-17-8-6-16(7-9-17)15-4-2-14(3-5-15)10-20(31)32;;/h2-9,18-19,21-23,27,29-30,33H,10-12H2,1H3,(H,26,28)(H,31,32)(H,34,35);;/q;2*+1/p-2/t18-,19+,21+,22-,23+,25+;;/m0../s1. The van der Waals surface area contributed by atoms with E-state index in [9.17, 15) is 45.0 Å². The molecule has 14 heteroatoms. The molecule has 6 atom stereocenters. The van der Waals surface area contributed by atoms with Crippen molar-refractivity contribution in [2.45, 2.75) is 56.0 Å². The molecule has 5 N–H and O–H groups in total. The van der Waals surface area contributed by atoms with E-state index < -0.39 is 67.1 Å². The van der Waals surface area contributed by atoms with Gasteiger partial charge in [0.1, 0.15) is 30.0 Å². The van der Waals surface area contributed by atoms with Crippen LogP contribution in [0.3, 0.4) is 0 Å².